The molecule has 0 bridgehead atoms. The van der Waals surface area contributed by atoms with Crippen molar-refractivity contribution in [2.24, 2.45) is 0 Å². The Labute approximate surface area is 123 Å². The van der Waals surface area contributed by atoms with Gasteiger partial charge in [-0.05, 0) is 25.0 Å². The standard InChI is InChI=1S/C16H20N4O/c1-10-3-4-11(2)12(7-10)8-20-6-5-14-13(9-20)15(21)19-16(17)18-14/h3-4,7H,5-6,8-9H2,1-2H3,(H3,17,18,19,21). The third kappa shape index (κ3) is 2.83. The summed E-state index contributed by atoms with van der Waals surface area (Å²) in [5.41, 5.74) is 11.0. The van der Waals surface area contributed by atoms with Crippen molar-refractivity contribution >= 4 is 5.95 Å². The zero-order chi connectivity index (χ0) is 15.0. The second-order valence-corrected chi connectivity index (χ2v) is 5.77. The molecule has 0 atom stereocenters. The van der Waals surface area contributed by atoms with Gasteiger partial charge in [0.25, 0.3) is 5.56 Å². The van der Waals surface area contributed by atoms with Gasteiger partial charge in [0, 0.05) is 26.1 Å². The first-order chi connectivity index (χ1) is 10.0. The molecular formula is C16H20N4O. The number of hydrogen-bond donors (Lipinski definition) is 2. The molecule has 0 unspecified atom stereocenters. The molecule has 2 aromatic rings. The normalized spacial score (nSPS) is 15.0. The van der Waals surface area contributed by atoms with Crippen LogP contribution in [0.4, 0.5) is 5.95 Å². The van der Waals surface area contributed by atoms with Gasteiger partial charge in [-0.25, -0.2) is 4.98 Å². The van der Waals surface area contributed by atoms with Crippen molar-refractivity contribution in [1.29, 1.82) is 0 Å². The van der Waals surface area contributed by atoms with Gasteiger partial charge < -0.3 is 5.73 Å². The summed E-state index contributed by atoms with van der Waals surface area (Å²) in [6.45, 7) is 6.62. The first-order valence-corrected chi connectivity index (χ1v) is 7.19. The number of nitrogens with one attached hydrogen (secondary N) is 1. The van der Waals surface area contributed by atoms with Gasteiger partial charge in [0.2, 0.25) is 5.95 Å². The van der Waals surface area contributed by atoms with Crippen molar-refractivity contribution < 1.29 is 0 Å². The lowest BCUT2D eigenvalue weighted by Crippen LogP contribution is -2.35. The summed E-state index contributed by atoms with van der Waals surface area (Å²) in [6.07, 6.45) is 0.772. The van der Waals surface area contributed by atoms with Gasteiger partial charge in [-0.3, -0.25) is 14.7 Å². The lowest BCUT2D eigenvalue weighted by atomic mass is 10.0. The number of hydrogen-bond acceptors (Lipinski definition) is 4. The number of nitrogens with two attached hydrogens (primary N) is 1. The minimum absolute atomic E-state index is 0.108. The van der Waals surface area contributed by atoms with E-state index >= 15 is 0 Å². The fraction of sp³-hybridized carbons (Fsp3) is 0.375. The molecule has 1 aromatic carbocycles. The first-order valence-electron chi connectivity index (χ1n) is 7.19. The number of H-pyrrole nitrogens is 1. The zero-order valence-corrected chi connectivity index (χ0v) is 12.4. The molecule has 3 N–H and O–H groups in total. The van der Waals surface area contributed by atoms with E-state index in [1.54, 1.807) is 0 Å². The molecule has 0 saturated carbocycles. The molecule has 0 amide bonds. The Morgan fingerprint density at radius 2 is 2.19 bits per heavy atom. The molecule has 2 heterocycles. The van der Waals surface area contributed by atoms with Gasteiger partial charge >= 0.3 is 0 Å². The maximum atomic E-state index is 12.0. The topological polar surface area (TPSA) is 75.0 Å². The van der Waals surface area contributed by atoms with E-state index in [9.17, 15) is 4.79 Å². The number of nitrogens with zero attached hydrogens (tertiary/aromatic N) is 2. The molecule has 0 fully saturated rings. The molecule has 21 heavy (non-hydrogen) atoms. The van der Waals surface area contributed by atoms with Gasteiger partial charge in [-0.1, -0.05) is 23.8 Å². The van der Waals surface area contributed by atoms with E-state index in [0.29, 0.717) is 6.54 Å². The van der Waals surface area contributed by atoms with E-state index in [1.807, 2.05) is 0 Å². The monoisotopic (exact) mass is 284 g/mol. The third-order valence-corrected chi connectivity index (χ3v) is 4.06. The average Bonchev–Trinajstić information content (AvgIpc) is 2.43. The fourth-order valence-electron chi connectivity index (χ4n) is 2.85. The van der Waals surface area contributed by atoms with E-state index in [0.717, 1.165) is 30.8 Å². The first kappa shape index (κ1) is 13.8. The van der Waals surface area contributed by atoms with Crippen LogP contribution in [0.1, 0.15) is 27.9 Å². The SMILES string of the molecule is Cc1ccc(C)c(CN2CCc3nc(N)[nH]c(=O)c3C2)c1. The number of fused-ring (bicyclic) bond motifs is 1. The summed E-state index contributed by atoms with van der Waals surface area (Å²) in [5, 5.41) is 0. The van der Waals surface area contributed by atoms with Gasteiger partial charge in [-0.2, -0.15) is 0 Å². The molecule has 0 saturated heterocycles. The summed E-state index contributed by atoms with van der Waals surface area (Å²) >= 11 is 0. The number of nitrogen functional groups attached to an aromatic ring is 1. The van der Waals surface area contributed by atoms with Crippen molar-refractivity contribution in [3.05, 3.63) is 56.5 Å². The van der Waals surface area contributed by atoms with Gasteiger partial charge in [0.15, 0.2) is 0 Å². The molecule has 1 aliphatic rings. The molecule has 110 valence electrons. The quantitative estimate of drug-likeness (QED) is 0.877. The number of aromatic nitrogens is 2. The third-order valence-electron chi connectivity index (χ3n) is 4.06. The maximum absolute atomic E-state index is 12.0. The lowest BCUT2D eigenvalue weighted by molar-refractivity contribution is 0.241. The minimum Gasteiger partial charge on any atom is -0.369 e. The Morgan fingerprint density at radius 3 is 3.00 bits per heavy atom. The van der Waals surface area contributed by atoms with E-state index in [4.69, 9.17) is 5.73 Å². The largest absolute Gasteiger partial charge is 0.369 e. The molecule has 3 rings (SSSR count). The molecule has 1 aromatic heterocycles. The molecule has 0 radical (unpaired) electrons. The van der Waals surface area contributed by atoms with Crippen molar-refractivity contribution in [2.75, 3.05) is 12.3 Å². The molecule has 1 aliphatic heterocycles. The number of anilines is 1. The number of aryl methyl sites for hydroxylation is 2. The maximum Gasteiger partial charge on any atom is 0.257 e. The average molecular weight is 284 g/mol. The van der Waals surface area contributed by atoms with E-state index in [1.165, 1.54) is 16.7 Å². The van der Waals surface area contributed by atoms with Crippen LogP contribution in [-0.4, -0.2) is 21.4 Å². The van der Waals surface area contributed by atoms with Crippen molar-refractivity contribution in [1.82, 2.24) is 14.9 Å². The van der Waals surface area contributed by atoms with Crippen LogP contribution in [0.3, 0.4) is 0 Å². The van der Waals surface area contributed by atoms with Gasteiger partial charge in [0.1, 0.15) is 0 Å². The highest BCUT2D eigenvalue weighted by molar-refractivity contribution is 5.31. The van der Waals surface area contributed by atoms with Crippen molar-refractivity contribution in [3.8, 4) is 0 Å². The van der Waals surface area contributed by atoms with Gasteiger partial charge in [0.05, 0.1) is 11.3 Å². The van der Waals surface area contributed by atoms with Crippen LogP contribution in [0, 0.1) is 13.8 Å². The Balaban J connectivity index is 1.83. The summed E-state index contributed by atoms with van der Waals surface area (Å²) in [6, 6.07) is 6.50. The lowest BCUT2D eigenvalue weighted by Gasteiger charge is -2.28. The molecule has 5 nitrogen and oxygen atoms in total. The summed E-state index contributed by atoms with van der Waals surface area (Å²) < 4.78 is 0. The highest BCUT2D eigenvalue weighted by Crippen LogP contribution is 2.19. The van der Waals surface area contributed by atoms with E-state index in [-0.39, 0.29) is 11.5 Å². The molecule has 5 heteroatoms. The molecular weight excluding hydrogens is 264 g/mol. The number of aromatic amines is 1. The summed E-state index contributed by atoms with van der Waals surface area (Å²) in [7, 11) is 0. The van der Waals surface area contributed by atoms with Crippen LogP contribution in [-0.2, 0) is 19.5 Å². The Hall–Kier alpha value is -2.14. The van der Waals surface area contributed by atoms with Crippen LogP contribution in [0.15, 0.2) is 23.0 Å². The van der Waals surface area contributed by atoms with Crippen LogP contribution >= 0.6 is 0 Å². The number of benzene rings is 1. The predicted octanol–water partition coefficient (Wildman–Crippen LogP) is 1.53. The number of rotatable bonds is 2. The highest BCUT2D eigenvalue weighted by Gasteiger charge is 2.21. The summed E-state index contributed by atoms with van der Waals surface area (Å²) in [4.78, 5) is 21.1. The second-order valence-electron chi connectivity index (χ2n) is 5.77. The predicted molar refractivity (Wildman–Crippen MR) is 83.0 cm³/mol. The Bertz CT molecular complexity index is 736. The van der Waals surface area contributed by atoms with Gasteiger partial charge in [-0.15, -0.1) is 0 Å². The van der Waals surface area contributed by atoms with E-state index < -0.39 is 0 Å². The Kier molecular flexibility index (Phi) is 3.51. The molecule has 0 aliphatic carbocycles. The minimum atomic E-state index is -0.108. The smallest absolute Gasteiger partial charge is 0.257 e. The van der Waals surface area contributed by atoms with Crippen LogP contribution < -0.4 is 11.3 Å². The summed E-state index contributed by atoms with van der Waals surface area (Å²) in [5.74, 6) is 0.210. The highest BCUT2D eigenvalue weighted by atomic mass is 16.1. The van der Waals surface area contributed by atoms with Crippen LogP contribution in [0.25, 0.3) is 0 Å². The van der Waals surface area contributed by atoms with Crippen molar-refractivity contribution in [3.63, 3.8) is 0 Å². The molecule has 0 spiro atoms. The van der Waals surface area contributed by atoms with Crippen LogP contribution in [0.2, 0.25) is 0 Å². The second kappa shape index (κ2) is 5.33. The van der Waals surface area contributed by atoms with E-state index in [2.05, 4.69) is 46.9 Å². The fourth-order valence-corrected chi connectivity index (χ4v) is 2.85. The van der Waals surface area contributed by atoms with Crippen molar-refractivity contribution in [2.45, 2.75) is 33.4 Å². The zero-order valence-electron chi connectivity index (χ0n) is 12.4. The Morgan fingerprint density at radius 1 is 1.38 bits per heavy atom. The van der Waals surface area contributed by atoms with Crippen LogP contribution in [0.5, 0.6) is 0 Å².